The number of esters is 2. The summed E-state index contributed by atoms with van der Waals surface area (Å²) in [7, 11) is 1.31. The van der Waals surface area contributed by atoms with Gasteiger partial charge in [0.1, 0.15) is 0 Å². The number of carbonyl (C=O) groups excluding carboxylic acids is 2. The molecule has 0 amide bonds. The Morgan fingerprint density at radius 1 is 1.35 bits per heavy atom. The van der Waals surface area contributed by atoms with Crippen LogP contribution in [0.1, 0.15) is 30.1 Å². The standard InChI is InChI=1S/C14H18ClNO4/c1-3-20-13(17)5-4-8-16-10-6-7-11(12(15)9-10)14(18)19-2/h6-7,9,16H,3-5,8H2,1-2H3. The minimum atomic E-state index is -0.469. The van der Waals surface area contributed by atoms with E-state index in [-0.39, 0.29) is 5.97 Å². The first-order chi connectivity index (χ1) is 9.58. The van der Waals surface area contributed by atoms with Gasteiger partial charge in [-0.05, 0) is 31.5 Å². The Hall–Kier alpha value is -1.75. The molecular weight excluding hydrogens is 282 g/mol. The fourth-order valence-corrected chi connectivity index (χ4v) is 1.86. The Labute approximate surface area is 123 Å². The van der Waals surface area contributed by atoms with Gasteiger partial charge in [0.05, 0.1) is 24.3 Å². The number of anilines is 1. The highest BCUT2D eigenvalue weighted by atomic mass is 35.5. The van der Waals surface area contributed by atoms with Gasteiger partial charge in [-0.15, -0.1) is 0 Å². The Morgan fingerprint density at radius 3 is 2.70 bits per heavy atom. The molecule has 1 aromatic carbocycles. The molecule has 0 saturated heterocycles. The zero-order valence-corrected chi connectivity index (χ0v) is 12.3. The molecule has 0 heterocycles. The second kappa shape index (κ2) is 8.43. The van der Waals surface area contributed by atoms with Crippen molar-refractivity contribution in [2.24, 2.45) is 0 Å². The summed E-state index contributed by atoms with van der Waals surface area (Å²) >= 11 is 5.99. The van der Waals surface area contributed by atoms with E-state index in [2.05, 4.69) is 10.1 Å². The second-order valence-electron chi connectivity index (χ2n) is 4.02. The largest absolute Gasteiger partial charge is 0.466 e. The highest BCUT2D eigenvalue weighted by molar-refractivity contribution is 6.33. The maximum absolute atomic E-state index is 11.4. The van der Waals surface area contributed by atoms with Crippen LogP contribution in [0.3, 0.4) is 0 Å². The SMILES string of the molecule is CCOC(=O)CCCNc1ccc(C(=O)OC)c(Cl)c1. The zero-order chi connectivity index (χ0) is 15.0. The van der Waals surface area contributed by atoms with Crippen molar-refractivity contribution in [1.82, 2.24) is 0 Å². The molecular formula is C14H18ClNO4. The van der Waals surface area contributed by atoms with Crippen molar-refractivity contribution in [2.45, 2.75) is 19.8 Å². The molecule has 1 aromatic rings. The minimum absolute atomic E-state index is 0.201. The second-order valence-corrected chi connectivity index (χ2v) is 4.43. The van der Waals surface area contributed by atoms with E-state index in [0.717, 1.165) is 5.69 Å². The molecule has 6 heteroatoms. The van der Waals surface area contributed by atoms with Crippen LogP contribution < -0.4 is 5.32 Å². The zero-order valence-electron chi connectivity index (χ0n) is 11.6. The first kappa shape index (κ1) is 16.3. The van der Waals surface area contributed by atoms with Gasteiger partial charge in [-0.3, -0.25) is 4.79 Å². The normalized spacial score (nSPS) is 9.95. The van der Waals surface area contributed by atoms with E-state index in [1.165, 1.54) is 7.11 Å². The molecule has 0 aliphatic carbocycles. The number of nitrogens with one attached hydrogen (secondary N) is 1. The molecule has 0 radical (unpaired) electrons. The van der Waals surface area contributed by atoms with Gasteiger partial charge in [0.25, 0.3) is 0 Å². The predicted octanol–water partition coefficient (Wildman–Crippen LogP) is 2.88. The molecule has 1 N–H and O–H groups in total. The molecule has 1 rings (SSSR count). The van der Waals surface area contributed by atoms with Crippen molar-refractivity contribution in [3.8, 4) is 0 Å². The van der Waals surface area contributed by atoms with Crippen molar-refractivity contribution in [3.63, 3.8) is 0 Å². The van der Waals surface area contributed by atoms with E-state index in [0.29, 0.717) is 36.6 Å². The lowest BCUT2D eigenvalue weighted by Gasteiger charge is -2.08. The summed E-state index contributed by atoms with van der Waals surface area (Å²) in [5.74, 6) is -0.669. The molecule has 0 saturated carbocycles. The summed E-state index contributed by atoms with van der Waals surface area (Å²) < 4.78 is 9.44. The first-order valence-electron chi connectivity index (χ1n) is 6.35. The molecule has 0 spiro atoms. The van der Waals surface area contributed by atoms with Gasteiger partial charge in [0.2, 0.25) is 0 Å². The van der Waals surface area contributed by atoms with Gasteiger partial charge in [0.15, 0.2) is 0 Å². The van der Waals surface area contributed by atoms with E-state index < -0.39 is 5.97 Å². The first-order valence-corrected chi connectivity index (χ1v) is 6.73. The summed E-state index contributed by atoms with van der Waals surface area (Å²) in [5, 5.41) is 3.45. The fraction of sp³-hybridized carbons (Fsp3) is 0.429. The number of hydrogen-bond donors (Lipinski definition) is 1. The third-order valence-corrected chi connectivity index (χ3v) is 2.88. The van der Waals surface area contributed by atoms with E-state index in [1.54, 1.807) is 25.1 Å². The number of halogens is 1. The Morgan fingerprint density at radius 2 is 2.10 bits per heavy atom. The van der Waals surface area contributed by atoms with Gasteiger partial charge in [-0.1, -0.05) is 11.6 Å². The summed E-state index contributed by atoms with van der Waals surface area (Å²) in [4.78, 5) is 22.5. The number of hydrogen-bond acceptors (Lipinski definition) is 5. The Balaban J connectivity index is 2.44. The van der Waals surface area contributed by atoms with Crippen LogP contribution in [0.5, 0.6) is 0 Å². The Bertz CT molecular complexity index is 476. The lowest BCUT2D eigenvalue weighted by molar-refractivity contribution is -0.143. The molecule has 0 bridgehead atoms. The number of carbonyl (C=O) groups is 2. The van der Waals surface area contributed by atoms with Crippen LogP contribution in [0, 0.1) is 0 Å². The average Bonchev–Trinajstić information content (AvgIpc) is 2.43. The summed E-state index contributed by atoms with van der Waals surface area (Å²) in [6.07, 6.45) is 1.03. The van der Waals surface area contributed by atoms with E-state index >= 15 is 0 Å². The van der Waals surface area contributed by atoms with E-state index in [1.807, 2.05) is 0 Å². The van der Waals surface area contributed by atoms with Crippen molar-refractivity contribution >= 4 is 29.2 Å². The summed E-state index contributed by atoms with van der Waals surface area (Å²) in [5.41, 5.74) is 1.11. The third kappa shape index (κ3) is 5.09. The van der Waals surface area contributed by atoms with Gasteiger partial charge >= 0.3 is 11.9 Å². The summed E-state index contributed by atoms with van der Waals surface area (Å²) in [6, 6.07) is 4.99. The lowest BCUT2D eigenvalue weighted by Crippen LogP contribution is -2.08. The van der Waals surface area contributed by atoms with Crippen LogP contribution in [0.4, 0.5) is 5.69 Å². The van der Waals surface area contributed by atoms with Crippen molar-refractivity contribution in [3.05, 3.63) is 28.8 Å². The quantitative estimate of drug-likeness (QED) is 0.619. The molecule has 20 heavy (non-hydrogen) atoms. The summed E-state index contributed by atoms with van der Waals surface area (Å²) in [6.45, 7) is 2.80. The third-order valence-electron chi connectivity index (χ3n) is 2.57. The lowest BCUT2D eigenvalue weighted by atomic mass is 10.2. The highest BCUT2D eigenvalue weighted by Gasteiger charge is 2.10. The molecule has 0 aliphatic rings. The average molecular weight is 300 g/mol. The fourth-order valence-electron chi connectivity index (χ4n) is 1.60. The smallest absolute Gasteiger partial charge is 0.339 e. The number of ether oxygens (including phenoxy) is 2. The van der Waals surface area contributed by atoms with Crippen LogP contribution in [0.25, 0.3) is 0 Å². The van der Waals surface area contributed by atoms with Gasteiger partial charge < -0.3 is 14.8 Å². The van der Waals surface area contributed by atoms with Crippen LogP contribution in [-0.4, -0.2) is 32.2 Å². The molecule has 5 nitrogen and oxygen atoms in total. The number of benzene rings is 1. The van der Waals surface area contributed by atoms with Gasteiger partial charge in [0, 0.05) is 18.7 Å². The van der Waals surface area contributed by atoms with Crippen molar-refractivity contribution in [1.29, 1.82) is 0 Å². The topological polar surface area (TPSA) is 64.6 Å². The molecule has 110 valence electrons. The number of rotatable bonds is 7. The van der Waals surface area contributed by atoms with Crippen LogP contribution >= 0.6 is 11.6 Å². The van der Waals surface area contributed by atoms with E-state index in [4.69, 9.17) is 16.3 Å². The maximum Gasteiger partial charge on any atom is 0.339 e. The number of methoxy groups -OCH3 is 1. The van der Waals surface area contributed by atoms with Crippen LogP contribution in [-0.2, 0) is 14.3 Å². The predicted molar refractivity (Wildman–Crippen MR) is 77.1 cm³/mol. The van der Waals surface area contributed by atoms with Gasteiger partial charge in [-0.25, -0.2) is 4.79 Å². The highest BCUT2D eigenvalue weighted by Crippen LogP contribution is 2.21. The van der Waals surface area contributed by atoms with Crippen LogP contribution in [0.15, 0.2) is 18.2 Å². The molecule has 0 aliphatic heterocycles. The van der Waals surface area contributed by atoms with Crippen molar-refractivity contribution < 1.29 is 19.1 Å². The Kier molecular flexibility index (Phi) is 6.87. The molecule has 0 atom stereocenters. The van der Waals surface area contributed by atoms with E-state index in [9.17, 15) is 9.59 Å². The van der Waals surface area contributed by atoms with Gasteiger partial charge in [-0.2, -0.15) is 0 Å². The van der Waals surface area contributed by atoms with Crippen molar-refractivity contribution in [2.75, 3.05) is 25.6 Å². The molecule has 0 fully saturated rings. The van der Waals surface area contributed by atoms with Crippen LogP contribution in [0.2, 0.25) is 5.02 Å². The molecule has 0 aromatic heterocycles. The maximum atomic E-state index is 11.4. The molecule has 0 unspecified atom stereocenters. The minimum Gasteiger partial charge on any atom is -0.466 e. The monoisotopic (exact) mass is 299 g/mol.